The molecule has 1 heterocycles. The third-order valence-electron chi connectivity index (χ3n) is 2.47. The maximum absolute atomic E-state index is 10.6. The van der Waals surface area contributed by atoms with E-state index in [0.717, 1.165) is 0 Å². The van der Waals surface area contributed by atoms with Gasteiger partial charge in [0.25, 0.3) is 0 Å². The predicted molar refractivity (Wildman–Crippen MR) is 50.7 cm³/mol. The number of esters is 1. The summed E-state index contributed by atoms with van der Waals surface area (Å²) in [7, 11) is 0. The van der Waals surface area contributed by atoms with E-state index in [2.05, 4.69) is 0 Å². The van der Waals surface area contributed by atoms with Crippen molar-refractivity contribution in [3.8, 4) is 0 Å². The van der Waals surface area contributed by atoms with Crippen LogP contribution in [0.15, 0.2) is 0 Å². The second kappa shape index (κ2) is 4.28. The summed E-state index contributed by atoms with van der Waals surface area (Å²) < 4.78 is 16.1. The maximum Gasteiger partial charge on any atom is 0.302 e. The molecule has 4 heteroatoms. The van der Waals surface area contributed by atoms with Crippen molar-refractivity contribution in [1.29, 1.82) is 0 Å². The first-order valence-corrected chi connectivity index (χ1v) is 4.89. The van der Waals surface area contributed by atoms with Crippen molar-refractivity contribution in [3.05, 3.63) is 0 Å². The van der Waals surface area contributed by atoms with Crippen LogP contribution in [0.5, 0.6) is 0 Å². The number of hydrogen-bond acceptors (Lipinski definition) is 4. The second-order valence-corrected chi connectivity index (χ2v) is 3.96. The maximum atomic E-state index is 10.6. The van der Waals surface area contributed by atoms with Crippen LogP contribution in [0.4, 0.5) is 0 Å². The molecule has 0 radical (unpaired) electrons. The normalized spacial score (nSPS) is 34.1. The summed E-state index contributed by atoms with van der Waals surface area (Å²) in [6.45, 7) is 8.11. The standard InChI is InChI=1S/C10H18O4/c1-7(5-12-9(3)11)10(4)13-6-8(2)14-10/h7-8H,5-6H2,1-4H3. The van der Waals surface area contributed by atoms with Crippen molar-refractivity contribution in [2.75, 3.05) is 13.2 Å². The van der Waals surface area contributed by atoms with Gasteiger partial charge in [-0.05, 0) is 13.8 Å². The molecule has 0 bridgehead atoms. The van der Waals surface area contributed by atoms with E-state index in [1.807, 2.05) is 20.8 Å². The van der Waals surface area contributed by atoms with Crippen molar-refractivity contribution in [2.24, 2.45) is 5.92 Å². The van der Waals surface area contributed by atoms with Gasteiger partial charge < -0.3 is 14.2 Å². The van der Waals surface area contributed by atoms with Gasteiger partial charge in [-0.25, -0.2) is 0 Å². The molecular weight excluding hydrogens is 184 g/mol. The van der Waals surface area contributed by atoms with Gasteiger partial charge in [-0.3, -0.25) is 4.79 Å². The van der Waals surface area contributed by atoms with E-state index >= 15 is 0 Å². The third kappa shape index (κ3) is 2.69. The first-order chi connectivity index (χ1) is 6.44. The highest BCUT2D eigenvalue weighted by Gasteiger charge is 2.40. The Morgan fingerprint density at radius 2 is 2.36 bits per heavy atom. The van der Waals surface area contributed by atoms with Crippen LogP contribution < -0.4 is 0 Å². The SMILES string of the molecule is CC(=O)OCC(C)C1(C)OCC(C)O1. The molecule has 1 fully saturated rings. The van der Waals surface area contributed by atoms with Crippen molar-refractivity contribution in [2.45, 2.75) is 39.6 Å². The zero-order valence-corrected chi connectivity index (χ0v) is 9.20. The van der Waals surface area contributed by atoms with Gasteiger partial charge in [0.15, 0.2) is 5.79 Å². The number of rotatable bonds is 3. The molecule has 1 rings (SSSR count). The van der Waals surface area contributed by atoms with E-state index in [9.17, 15) is 4.79 Å². The number of hydrogen-bond donors (Lipinski definition) is 0. The van der Waals surface area contributed by atoms with Crippen LogP contribution in [-0.4, -0.2) is 31.1 Å². The second-order valence-electron chi connectivity index (χ2n) is 3.96. The lowest BCUT2D eigenvalue weighted by molar-refractivity contribution is -0.197. The lowest BCUT2D eigenvalue weighted by Gasteiger charge is -2.29. The molecule has 0 amide bonds. The molecule has 0 saturated carbocycles. The van der Waals surface area contributed by atoms with Crippen LogP contribution >= 0.6 is 0 Å². The molecule has 0 aromatic heterocycles. The quantitative estimate of drug-likeness (QED) is 0.648. The van der Waals surface area contributed by atoms with E-state index in [0.29, 0.717) is 13.2 Å². The van der Waals surface area contributed by atoms with Crippen LogP contribution in [0.2, 0.25) is 0 Å². The Balaban J connectivity index is 2.43. The summed E-state index contributed by atoms with van der Waals surface area (Å²) in [6, 6.07) is 0. The summed E-state index contributed by atoms with van der Waals surface area (Å²) >= 11 is 0. The topological polar surface area (TPSA) is 44.8 Å². The smallest absolute Gasteiger partial charge is 0.302 e. The van der Waals surface area contributed by atoms with E-state index in [1.54, 1.807) is 0 Å². The summed E-state index contributed by atoms with van der Waals surface area (Å²) in [6.07, 6.45) is 0.111. The predicted octanol–water partition coefficient (Wildman–Crippen LogP) is 1.34. The molecule has 3 unspecified atom stereocenters. The zero-order chi connectivity index (χ0) is 10.8. The molecule has 0 spiro atoms. The Morgan fingerprint density at radius 1 is 1.71 bits per heavy atom. The minimum atomic E-state index is -0.616. The van der Waals surface area contributed by atoms with Crippen molar-refractivity contribution in [1.82, 2.24) is 0 Å². The third-order valence-corrected chi connectivity index (χ3v) is 2.47. The first-order valence-electron chi connectivity index (χ1n) is 4.89. The molecule has 14 heavy (non-hydrogen) atoms. The van der Waals surface area contributed by atoms with Gasteiger partial charge in [0.1, 0.15) is 0 Å². The Morgan fingerprint density at radius 3 is 2.79 bits per heavy atom. The van der Waals surface area contributed by atoms with Gasteiger partial charge in [0.2, 0.25) is 0 Å². The average molecular weight is 202 g/mol. The largest absolute Gasteiger partial charge is 0.465 e. The fourth-order valence-corrected chi connectivity index (χ4v) is 1.40. The van der Waals surface area contributed by atoms with E-state index in [-0.39, 0.29) is 18.0 Å². The van der Waals surface area contributed by atoms with Crippen LogP contribution in [0.1, 0.15) is 27.7 Å². The highest BCUT2D eigenvalue weighted by atomic mass is 16.7. The molecule has 82 valence electrons. The first kappa shape index (κ1) is 11.5. The minimum Gasteiger partial charge on any atom is -0.465 e. The van der Waals surface area contributed by atoms with Gasteiger partial charge in [-0.1, -0.05) is 6.92 Å². The van der Waals surface area contributed by atoms with E-state index in [1.165, 1.54) is 6.92 Å². The molecule has 1 aliphatic heterocycles. The monoisotopic (exact) mass is 202 g/mol. The fraction of sp³-hybridized carbons (Fsp3) is 0.900. The van der Waals surface area contributed by atoms with E-state index < -0.39 is 5.79 Å². The molecule has 0 aromatic rings. The van der Waals surface area contributed by atoms with Gasteiger partial charge in [-0.2, -0.15) is 0 Å². The molecule has 4 nitrogen and oxygen atoms in total. The van der Waals surface area contributed by atoms with Crippen molar-refractivity contribution >= 4 is 5.97 Å². The molecule has 0 N–H and O–H groups in total. The van der Waals surface area contributed by atoms with Gasteiger partial charge in [0.05, 0.1) is 19.3 Å². The summed E-state index contributed by atoms with van der Waals surface area (Å²) in [5, 5.41) is 0. The summed E-state index contributed by atoms with van der Waals surface area (Å²) in [4.78, 5) is 10.6. The fourth-order valence-electron chi connectivity index (χ4n) is 1.40. The van der Waals surface area contributed by atoms with Crippen LogP contribution in [0.25, 0.3) is 0 Å². The molecule has 3 atom stereocenters. The van der Waals surface area contributed by atoms with Crippen LogP contribution in [0, 0.1) is 5.92 Å². The lowest BCUT2D eigenvalue weighted by Crippen LogP contribution is -2.37. The molecule has 0 aliphatic carbocycles. The number of ether oxygens (including phenoxy) is 3. The summed E-state index contributed by atoms with van der Waals surface area (Å²) in [5.74, 6) is -0.850. The molecular formula is C10H18O4. The van der Waals surface area contributed by atoms with Crippen molar-refractivity contribution in [3.63, 3.8) is 0 Å². The Kier molecular flexibility index (Phi) is 3.50. The Bertz CT molecular complexity index is 216. The highest BCUT2D eigenvalue weighted by Crippen LogP contribution is 2.30. The van der Waals surface area contributed by atoms with Gasteiger partial charge >= 0.3 is 5.97 Å². The van der Waals surface area contributed by atoms with E-state index in [4.69, 9.17) is 14.2 Å². The molecule has 0 aromatic carbocycles. The summed E-state index contributed by atoms with van der Waals surface area (Å²) in [5.41, 5.74) is 0. The Hall–Kier alpha value is -0.610. The van der Waals surface area contributed by atoms with Gasteiger partial charge in [0, 0.05) is 12.8 Å². The zero-order valence-electron chi connectivity index (χ0n) is 9.20. The van der Waals surface area contributed by atoms with Crippen LogP contribution in [-0.2, 0) is 19.0 Å². The number of carbonyl (C=O) groups excluding carboxylic acids is 1. The van der Waals surface area contributed by atoms with Crippen molar-refractivity contribution < 1.29 is 19.0 Å². The molecule has 1 aliphatic rings. The van der Waals surface area contributed by atoms with Gasteiger partial charge in [-0.15, -0.1) is 0 Å². The number of carbonyl (C=O) groups is 1. The molecule has 1 saturated heterocycles. The lowest BCUT2D eigenvalue weighted by atomic mass is 10.0. The average Bonchev–Trinajstić information content (AvgIpc) is 2.43. The Labute approximate surface area is 84.5 Å². The highest BCUT2D eigenvalue weighted by molar-refractivity contribution is 5.65. The van der Waals surface area contributed by atoms with Crippen LogP contribution in [0.3, 0.4) is 0 Å². The minimum absolute atomic E-state index is 0.0383.